The molecule has 21 nitrogen and oxygen atoms in total. The highest BCUT2D eigenvalue weighted by atomic mass is 32.2. The van der Waals surface area contributed by atoms with Crippen LogP contribution >= 0.6 is 0 Å². The minimum atomic E-state index is -5.20. The number of halogens is 1. The molecule has 57 heavy (non-hydrogen) atoms. The summed E-state index contributed by atoms with van der Waals surface area (Å²) in [5.74, 6) is -0.412. The molecule has 1 heterocycles. The van der Waals surface area contributed by atoms with Gasteiger partial charge in [0.1, 0.15) is 9.79 Å². The van der Waals surface area contributed by atoms with Gasteiger partial charge in [0.15, 0.2) is 9.84 Å². The van der Waals surface area contributed by atoms with Crippen molar-refractivity contribution in [1.82, 2.24) is 15.0 Å². The molecule has 1 aromatic heterocycles. The standard InChI is InChI=1S/C31H28FN9O12S4/c1-2-54(42,43)14-13-53-12-11-33-30-35-29(32)36-31(37-30)34-19-3-5-20(6-4-19)38-39-21-7-9-22(10-8-21)40-41-23-15-25-26(27(16-23)56(47,48)49)17-24(55(44,45)46)18-28(25)57(50,51)52/h2-10,15-18H,1,11-14H2,(H,44,45,46)(H,47,48,49)(H,50,51,52)(H2,33,34,35,36,37). The second-order valence-corrected chi connectivity index (χ2v) is 17.6. The van der Waals surface area contributed by atoms with Gasteiger partial charge in [-0.15, -0.1) is 0 Å². The van der Waals surface area contributed by atoms with Gasteiger partial charge in [0.25, 0.3) is 30.4 Å². The molecular formula is C31H28FN9O12S4. The van der Waals surface area contributed by atoms with E-state index in [-0.39, 0.29) is 48.8 Å². The maximum atomic E-state index is 14.0. The summed E-state index contributed by atoms with van der Waals surface area (Å²) in [6.07, 6.45) is -1.06. The van der Waals surface area contributed by atoms with Gasteiger partial charge in [0.2, 0.25) is 11.9 Å². The minimum Gasteiger partial charge on any atom is -0.379 e. The molecule has 5 rings (SSSR count). The fraction of sp³-hybridized carbons (Fsp3) is 0.129. The fourth-order valence-corrected chi connectivity index (χ4v) is 7.19. The van der Waals surface area contributed by atoms with Gasteiger partial charge in [0, 0.05) is 28.4 Å². The molecule has 0 fully saturated rings. The molecule has 0 radical (unpaired) electrons. The van der Waals surface area contributed by atoms with Crippen LogP contribution in [0.25, 0.3) is 10.8 Å². The van der Waals surface area contributed by atoms with Gasteiger partial charge in [0.05, 0.1) is 46.6 Å². The average Bonchev–Trinajstić information content (AvgIpc) is 3.13. The lowest BCUT2D eigenvalue weighted by molar-refractivity contribution is 0.159. The number of nitrogens with zero attached hydrogens (tertiary/aromatic N) is 7. The number of azo groups is 2. The van der Waals surface area contributed by atoms with E-state index in [2.05, 4.69) is 52.6 Å². The molecule has 0 atom stereocenters. The van der Waals surface area contributed by atoms with Crippen LogP contribution in [0.1, 0.15) is 0 Å². The Labute approximate surface area is 323 Å². The molecule has 0 unspecified atom stereocenters. The predicted octanol–water partition coefficient (Wildman–Crippen LogP) is 5.47. The minimum absolute atomic E-state index is 0.0482. The third kappa shape index (κ3) is 11.9. The summed E-state index contributed by atoms with van der Waals surface area (Å²) < 4.78 is 143. The van der Waals surface area contributed by atoms with Gasteiger partial charge in [-0.3, -0.25) is 13.7 Å². The Balaban J connectivity index is 1.24. The van der Waals surface area contributed by atoms with E-state index in [1.54, 1.807) is 24.3 Å². The Kier molecular flexibility index (Phi) is 12.8. The SMILES string of the molecule is C=CS(=O)(=O)CCOCCNc1nc(F)nc(Nc2ccc(N=Nc3ccc(N=Nc4cc(S(=O)(=O)O)c5cc(S(=O)(=O)O)cc(S(=O)(=O)O)c5c4)cc3)cc2)n1. The number of fused-ring (bicyclic) bond motifs is 1. The number of anilines is 3. The van der Waals surface area contributed by atoms with Crippen molar-refractivity contribution < 1.29 is 56.5 Å². The largest absolute Gasteiger partial charge is 0.379 e. The third-order valence-corrected chi connectivity index (χ3v) is 11.1. The highest BCUT2D eigenvalue weighted by Crippen LogP contribution is 2.36. The summed E-state index contributed by atoms with van der Waals surface area (Å²) in [5.41, 5.74) is 1.15. The first-order valence-corrected chi connectivity index (χ1v) is 21.7. The lowest BCUT2D eigenvalue weighted by Gasteiger charge is -2.11. The summed E-state index contributed by atoms with van der Waals surface area (Å²) in [6, 6.07) is 15.1. The molecule has 5 aromatic rings. The average molecular weight is 866 g/mol. The van der Waals surface area contributed by atoms with Crippen molar-refractivity contribution in [2.75, 3.05) is 36.1 Å². The third-order valence-electron chi connectivity index (χ3n) is 7.24. The van der Waals surface area contributed by atoms with E-state index in [0.717, 1.165) is 17.5 Å². The quantitative estimate of drug-likeness (QED) is 0.0440. The molecule has 5 N–H and O–H groups in total. The van der Waals surface area contributed by atoms with Crippen molar-refractivity contribution in [2.24, 2.45) is 20.5 Å². The molecule has 0 spiro atoms. The van der Waals surface area contributed by atoms with Crippen LogP contribution in [-0.2, 0) is 44.9 Å². The van der Waals surface area contributed by atoms with E-state index in [1.807, 2.05) is 0 Å². The van der Waals surface area contributed by atoms with Crippen molar-refractivity contribution in [3.8, 4) is 0 Å². The molecule has 0 aliphatic heterocycles. The van der Waals surface area contributed by atoms with E-state index in [4.69, 9.17) is 4.74 Å². The topological polar surface area (TPSA) is 319 Å². The van der Waals surface area contributed by atoms with E-state index in [9.17, 15) is 51.7 Å². The Morgan fingerprint density at radius 2 is 1.16 bits per heavy atom. The number of benzene rings is 4. The summed E-state index contributed by atoms with van der Waals surface area (Å²) in [5, 5.41) is 21.3. The zero-order valence-electron chi connectivity index (χ0n) is 28.7. The number of aromatic nitrogens is 3. The van der Waals surface area contributed by atoms with Gasteiger partial charge in [-0.25, -0.2) is 8.42 Å². The zero-order valence-corrected chi connectivity index (χ0v) is 32.0. The van der Waals surface area contributed by atoms with E-state index in [0.29, 0.717) is 29.2 Å². The molecule has 0 saturated carbocycles. The predicted molar refractivity (Wildman–Crippen MR) is 201 cm³/mol. The van der Waals surface area contributed by atoms with Crippen LogP contribution in [0.15, 0.2) is 120 Å². The smallest absolute Gasteiger partial charge is 0.315 e. The maximum Gasteiger partial charge on any atom is 0.315 e. The first kappa shape index (κ1) is 42.4. The summed E-state index contributed by atoms with van der Waals surface area (Å²) in [7, 11) is -18.8. The number of hydrogen-bond donors (Lipinski definition) is 5. The highest BCUT2D eigenvalue weighted by Gasteiger charge is 2.25. The van der Waals surface area contributed by atoms with Gasteiger partial charge in [-0.05, 0) is 72.8 Å². The number of hydrogen-bond acceptors (Lipinski definition) is 18. The lowest BCUT2D eigenvalue weighted by atomic mass is 10.1. The van der Waals surface area contributed by atoms with E-state index in [1.165, 1.54) is 24.3 Å². The van der Waals surface area contributed by atoms with Gasteiger partial charge >= 0.3 is 6.08 Å². The first-order valence-electron chi connectivity index (χ1n) is 15.6. The van der Waals surface area contributed by atoms with Gasteiger partial charge < -0.3 is 15.4 Å². The Morgan fingerprint density at radius 1 is 0.649 bits per heavy atom. The Hall–Kier alpha value is -5.74. The van der Waals surface area contributed by atoms with Crippen molar-refractivity contribution in [3.05, 3.63) is 90.9 Å². The second-order valence-electron chi connectivity index (χ2n) is 11.3. The molecule has 0 aliphatic carbocycles. The molecule has 26 heteroatoms. The van der Waals surface area contributed by atoms with Crippen LogP contribution in [0.5, 0.6) is 0 Å². The number of nitrogens with one attached hydrogen (secondary N) is 2. The Bertz CT molecular complexity index is 2850. The monoisotopic (exact) mass is 865 g/mol. The summed E-state index contributed by atoms with van der Waals surface area (Å²) in [6.45, 7) is 3.42. The molecule has 0 saturated heterocycles. The van der Waals surface area contributed by atoms with Gasteiger partial charge in [-0.2, -0.15) is 65.1 Å². The highest BCUT2D eigenvalue weighted by molar-refractivity contribution is 7.94. The maximum absolute atomic E-state index is 14.0. The molecule has 0 aliphatic rings. The second kappa shape index (κ2) is 17.2. The van der Waals surface area contributed by atoms with Crippen molar-refractivity contribution in [1.29, 1.82) is 0 Å². The fourth-order valence-electron chi connectivity index (χ4n) is 4.63. The van der Waals surface area contributed by atoms with Crippen LogP contribution in [0, 0.1) is 6.08 Å². The van der Waals surface area contributed by atoms with Crippen LogP contribution in [0.3, 0.4) is 0 Å². The van der Waals surface area contributed by atoms with Crippen LogP contribution in [-0.4, -0.2) is 87.8 Å². The van der Waals surface area contributed by atoms with Crippen LogP contribution in [0.4, 0.5) is 44.7 Å². The molecule has 0 amide bonds. The first-order chi connectivity index (χ1) is 26.7. The van der Waals surface area contributed by atoms with Gasteiger partial charge in [-0.1, -0.05) is 6.58 Å². The summed E-state index contributed by atoms with van der Waals surface area (Å²) in [4.78, 5) is 8.13. The number of sulfone groups is 1. The van der Waals surface area contributed by atoms with Crippen molar-refractivity contribution >= 4 is 91.3 Å². The summed E-state index contributed by atoms with van der Waals surface area (Å²) >= 11 is 0. The number of rotatable bonds is 17. The zero-order chi connectivity index (χ0) is 41.6. The van der Waals surface area contributed by atoms with Crippen molar-refractivity contribution in [3.63, 3.8) is 0 Å². The normalized spacial score (nSPS) is 12.7. The van der Waals surface area contributed by atoms with Crippen LogP contribution < -0.4 is 10.6 Å². The molecule has 300 valence electrons. The van der Waals surface area contributed by atoms with E-state index < -0.39 is 71.7 Å². The molecular weight excluding hydrogens is 838 g/mol. The molecule has 4 aromatic carbocycles. The molecule has 0 bridgehead atoms. The van der Waals surface area contributed by atoms with Crippen molar-refractivity contribution in [2.45, 2.75) is 14.7 Å². The Morgan fingerprint density at radius 3 is 1.70 bits per heavy atom. The van der Waals surface area contributed by atoms with Crippen LogP contribution in [0.2, 0.25) is 0 Å². The van der Waals surface area contributed by atoms with E-state index >= 15 is 0 Å². The number of ether oxygens (including phenoxy) is 1. The lowest BCUT2D eigenvalue weighted by Crippen LogP contribution is -2.16.